The number of hydrogen-bond acceptors (Lipinski definition) is 2. The second-order valence-electron chi connectivity index (χ2n) is 3.49. The van der Waals surface area contributed by atoms with Gasteiger partial charge in [-0.25, -0.2) is 0 Å². The van der Waals surface area contributed by atoms with E-state index < -0.39 is 0 Å². The van der Waals surface area contributed by atoms with Crippen molar-refractivity contribution in [2.75, 3.05) is 11.9 Å². The summed E-state index contributed by atoms with van der Waals surface area (Å²) in [6.45, 7) is 4.51. The molecule has 0 fully saturated rings. The van der Waals surface area contributed by atoms with Crippen LogP contribution in [0.3, 0.4) is 0 Å². The molecule has 0 spiro atoms. The highest BCUT2D eigenvalue weighted by molar-refractivity contribution is 9.09. The molecule has 88 valence electrons. The molecule has 0 radical (unpaired) electrons. The van der Waals surface area contributed by atoms with Crippen LogP contribution in [0.5, 0.6) is 5.75 Å². The Morgan fingerprint density at radius 2 is 2.06 bits per heavy atom. The van der Waals surface area contributed by atoms with Crippen LogP contribution in [0.15, 0.2) is 24.3 Å². The van der Waals surface area contributed by atoms with Crippen LogP contribution in [0.1, 0.15) is 24.2 Å². The van der Waals surface area contributed by atoms with Crippen molar-refractivity contribution in [2.45, 2.75) is 19.9 Å². The molecular weight excluding hydrogens is 270 g/mol. The fourth-order valence-corrected chi connectivity index (χ4v) is 1.38. The largest absolute Gasteiger partial charge is 0.494 e. The Hall–Kier alpha value is -1.03. The Balaban J connectivity index is 2.63. The number of alkyl halides is 1. The summed E-state index contributed by atoms with van der Waals surface area (Å²) < 4.78 is 5.30. The molecule has 16 heavy (non-hydrogen) atoms. The predicted octanol–water partition coefficient (Wildman–Crippen LogP) is 2.60. The van der Waals surface area contributed by atoms with Crippen LogP contribution >= 0.6 is 15.9 Å². The third kappa shape index (κ3) is 3.85. The van der Waals surface area contributed by atoms with E-state index in [4.69, 9.17) is 4.74 Å². The van der Waals surface area contributed by atoms with Crippen LogP contribution in [0.4, 0.5) is 0 Å². The molecule has 1 atom stereocenters. The summed E-state index contributed by atoms with van der Waals surface area (Å²) in [6.07, 6.45) is 0. The lowest BCUT2D eigenvalue weighted by Gasteiger charge is -2.10. The SMILES string of the molecule is CCOc1ccc(C(=O)NC(C)CBr)cc1. The van der Waals surface area contributed by atoms with Gasteiger partial charge in [0.25, 0.3) is 5.91 Å². The van der Waals surface area contributed by atoms with Crippen LogP contribution in [-0.4, -0.2) is 23.9 Å². The van der Waals surface area contributed by atoms with Gasteiger partial charge in [0.2, 0.25) is 0 Å². The number of rotatable bonds is 5. The minimum Gasteiger partial charge on any atom is -0.494 e. The zero-order valence-electron chi connectivity index (χ0n) is 9.50. The van der Waals surface area contributed by atoms with E-state index >= 15 is 0 Å². The molecule has 1 amide bonds. The van der Waals surface area contributed by atoms with Crippen molar-refractivity contribution < 1.29 is 9.53 Å². The average Bonchev–Trinajstić information content (AvgIpc) is 2.30. The molecule has 0 bridgehead atoms. The van der Waals surface area contributed by atoms with Gasteiger partial charge < -0.3 is 10.1 Å². The first-order chi connectivity index (χ1) is 7.67. The van der Waals surface area contributed by atoms with Gasteiger partial charge >= 0.3 is 0 Å². The Kier molecular flexibility index (Phi) is 5.32. The van der Waals surface area contributed by atoms with E-state index in [1.54, 1.807) is 24.3 Å². The van der Waals surface area contributed by atoms with Crippen molar-refractivity contribution in [3.63, 3.8) is 0 Å². The highest BCUT2D eigenvalue weighted by Crippen LogP contribution is 2.12. The first-order valence-electron chi connectivity index (χ1n) is 5.27. The van der Waals surface area contributed by atoms with Crippen molar-refractivity contribution >= 4 is 21.8 Å². The number of ether oxygens (including phenoxy) is 1. The van der Waals surface area contributed by atoms with Crippen molar-refractivity contribution in [1.82, 2.24) is 5.32 Å². The average molecular weight is 286 g/mol. The predicted molar refractivity (Wildman–Crippen MR) is 68.3 cm³/mol. The second kappa shape index (κ2) is 6.53. The molecule has 1 rings (SSSR count). The van der Waals surface area contributed by atoms with E-state index in [-0.39, 0.29) is 11.9 Å². The monoisotopic (exact) mass is 285 g/mol. The molecule has 0 aromatic heterocycles. The van der Waals surface area contributed by atoms with Crippen LogP contribution in [-0.2, 0) is 0 Å². The summed E-state index contributed by atoms with van der Waals surface area (Å²) in [4.78, 5) is 11.7. The summed E-state index contributed by atoms with van der Waals surface area (Å²) in [5.41, 5.74) is 0.649. The van der Waals surface area contributed by atoms with Gasteiger partial charge in [-0.05, 0) is 38.1 Å². The molecule has 0 aliphatic carbocycles. The molecule has 0 saturated heterocycles. The molecule has 0 heterocycles. The molecular formula is C12H16BrNO2. The number of benzene rings is 1. The second-order valence-corrected chi connectivity index (χ2v) is 4.13. The van der Waals surface area contributed by atoms with E-state index in [0.717, 1.165) is 11.1 Å². The van der Waals surface area contributed by atoms with Gasteiger partial charge in [0.1, 0.15) is 5.75 Å². The summed E-state index contributed by atoms with van der Waals surface area (Å²) in [7, 11) is 0. The summed E-state index contributed by atoms with van der Waals surface area (Å²) >= 11 is 3.31. The van der Waals surface area contributed by atoms with Crippen molar-refractivity contribution in [1.29, 1.82) is 0 Å². The maximum absolute atomic E-state index is 11.7. The lowest BCUT2D eigenvalue weighted by molar-refractivity contribution is 0.0944. The molecule has 1 aromatic carbocycles. The topological polar surface area (TPSA) is 38.3 Å². The fourth-order valence-electron chi connectivity index (χ4n) is 1.21. The van der Waals surface area contributed by atoms with E-state index in [9.17, 15) is 4.79 Å². The third-order valence-electron chi connectivity index (χ3n) is 2.04. The highest BCUT2D eigenvalue weighted by atomic mass is 79.9. The lowest BCUT2D eigenvalue weighted by Crippen LogP contribution is -2.33. The molecule has 1 N–H and O–H groups in total. The Bertz CT molecular complexity index is 337. The summed E-state index contributed by atoms with van der Waals surface area (Å²) in [6, 6.07) is 7.26. The number of amides is 1. The van der Waals surface area contributed by atoms with E-state index in [1.807, 2.05) is 13.8 Å². The number of carbonyl (C=O) groups excluding carboxylic acids is 1. The van der Waals surface area contributed by atoms with E-state index in [2.05, 4.69) is 21.2 Å². The van der Waals surface area contributed by atoms with Gasteiger partial charge in [0.15, 0.2) is 0 Å². The third-order valence-corrected chi connectivity index (χ3v) is 3.01. The first-order valence-corrected chi connectivity index (χ1v) is 6.39. The Morgan fingerprint density at radius 3 is 2.56 bits per heavy atom. The van der Waals surface area contributed by atoms with E-state index in [0.29, 0.717) is 12.2 Å². The van der Waals surface area contributed by atoms with Gasteiger partial charge in [0.05, 0.1) is 6.61 Å². The minimum absolute atomic E-state index is 0.0602. The molecule has 0 aliphatic heterocycles. The van der Waals surface area contributed by atoms with Gasteiger partial charge in [-0.2, -0.15) is 0 Å². The number of halogens is 1. The lowest BCUT2D eigenvalue weighted by atomic mass is 10.2. The van der Waals surface area contributed by atoms with Crippen LogP contribution in [0.25, 0.3) is 0 Å². The van der Waals surface area contributed by atoms with Crippen molar-refractivity contribution in [3.05, 3.63) is 29.8 Å². The highest BCUT2D eigenvalue weighted by Gasteiger charge is 2.08. The van der Waals surface area contributed by atoms with Gasteiger partial charge in [-0.15, -0.1) is 0 Å². The standard InChI is InChI=1S/C12H16BrNO2/c1-3-16-11-6-4-10(5-7-11)12(15)14-9(2)8-13/h4-7,9H,3,8H2,1-2H3,(H,14,15). The van der Waals surface area contributed by atoms with Gasteiger partial charge in [0, 0.05) is 16.9 Å². The van der Waals surface area contributed by atoms with Gasteiger partial charge in [-0.1, -0.05) is 15.9 Å². The zero-order valence-corrected chi connectivity index (χ0v) is 11.1. The smallest absolute Gasteiger partial charge is 0.251 e. The molecule has 1 aromatic rings. The maximum Gasteiger partial charge on any atom is 0.251 e. The minimum atomic E-state index is -0.0602. The molecule has 1 unspecified atom stereocenters. The Labute approximate surface area is 104 Å². The zero-order chi connectivity index (χ0) is 12.0. The van der Waals surface area contributed by atoms with Crippen LogP contribution < -0.4 is 10.1 Å². The van der Waals surface area contributed by atoms with Crippen LogP contribution in [0.2, 0.25) is 0 Å². The Morgan fingerprint density at radius 1 is 1.44 bits per heavy atom. The normalized spacial score (nSPS) is 11.9. The summed E-state index contributed by atoms with van der Waals surface area (Å²) in [5, 5.41) is 3.62. The van der Waals surface area contributed by atoms with Gasteiger partial charge in [-0.3, -0.25) is 4.79 Å². The van der Waals surface area contributed by atoms with E-state index in [1.165, 1.54) is 0 Å². The molecule has 3 nitrogen and oxygen atoms in total. The number of hydrogen-bond donors (Lipinski definition) is 1. The number of carbonyl (C=O) groups is 1. The molecule has 0 saturated carbocycles. The fraction of sp³-hybridized carbons (Fsp3) is 0.417. The number of nitrogens with one attached hydrogen (secondary N) is 1. The quantitative estimate of drug-likeness (QED) is 0.845. The first kappa shape index (κ1) is 13.0. The van der Waals surface area contributed by atoms with Crippen molar-refractivity contribution in [3.8, 4) is 5.75 Å². The maximum atomic E-state index is 11.7. The van der Waals surface area contributed by atoms with Crippen LogP contribution in [0, 0.1) is 0 Å². The molecule has 4 heteroatoms. The molecule has 0 aliphatic rings. The summed E-state index contributed by atoms with van der Waals surface area (Å²) in [5.74, 6) is 0.725. The van der Waals surface area contributed by atoms with Crippen molar-refractivity contribution in [2.24, 2.45) is 0 Å².